The van der Waals surface area contributed by atoms with Gasteiger partial charge in [-0.15, -0.1) is 0 Å². The number of hydrogen-bond donors (Lipinski definition) is 3. The topological polar surface area (TPSA) is 131 Å². The number of nitrogens with one attached hydrogen (secondary N) is 2. The number of carbonyl (C=O) groups is 2. The van der Waals surface area contributed by atoms with Gasteiger partial charge in [-0.2, -0.15) is 0 Å². The van der Waals surface area contributed by atoms with Gasteiger partial charge < -0.3 is 34.1 Å². The van der Waals surface area contributed by atoms with Crippen LogP contribution in [-0.4, -0.2) is 72.8 Å². The highest BCUT2D eigenvalue weighted by Gasteiger charge is 2.56. The van der Waals surface area contributed by atoms with Crippen molar-refractivity contribution in [1.29, 1.82) is 0 Å². The molecule has 0 radical (unpaired) electrons. The van der Waals surface area contributed by atoms with E-state index < -0.39 is 28.9 Å². The van der Waals surface area contributed by atoms with E-state index in [1.807, 2.05) is 31.2 Å². The third kappa shape index (κ3) is 10.3. The molecule has 4 aromatic carbocycles. The van der Waals surface area contributed by atoms with Gasteiger partial charge in [-0.1, -0.05) is 17.7 Å². The fourth-order valence-corrected chi connectivity index (χ4v) is 6.14. The number of pyridine rings is 1. The first-order valence-electron chi connectivity index (χ1n) is 17.8. The van der Waals surface area contributed by atoms with Crippen molar-refractivity contribution in [2.45, 2.75) is 31.1 Å². The number of hydrogen-bond acceptors (Lipinski definition) is 10. The minimum atomic E-state index is -1.28. The van der Waals surface area contributed by atoms with Crippen molar-refractivity contribution >= 4 is 46.1 Å². The summed E-state index contributed by atoms with van der Waals surface area (Å²) >= 11 is 0.777. The van der Waals surface area contributed by atoms with Gasteiger partial charge >= 0.3 is 0 Å². The van der Waals surface area contributed by atoms with Crippen LogP contribution in [0.15, 0.2) is 96.0 Å². The number of fused-ring (bicyclic) bond motifs is 1. The molecule has 5 aromatic rings. The first-order valence-corrected chi connectivity index (χ1v) is 18.6. The predicted molar refractivity (Wildman–Crippen MR) is 207 cm³/mol. The van der Waals surface area contributed by atoms with Crippen molar-refractivity contribution in [2.75, 3.05) is 57.2 Å². The molecule has 2 heterocycles. The highest BCUT2D eigenvalue weighted by Crippen LogP contribution is 2.48. The second-order valence-corrected chi connectivity index (χ2v) is 13.8. The Morgan fingerprint density at radius 3 is 2.22 bits per heavy atom. The number of amides is 2. The summed E-state index contributed by atoms with van der Waals surface area (Å²) in [5.41, 5.74) is 1.07. The van der Waals surface area contributed by atoms with Gasteiger partial charge in [0.05, 0.1) is 32.4 Å². The lowest BCUT2D eigenvalue weighted by Crippen LogP contribution is -2.37. The summed E-state index contributed by atoms with van der Waals surface area (Å²) in [5.74, 6) is -0.871. The van der Waals surface area contributed by atoms with E-state index in [4.69, 9.17) is 23.5 Å². The van der Waals surface area contributed by atoms with Crippen LogP contribution in [-0.2, 0) is 14.3 Å². The Bertz CT molecular complexity index is 2090. The second kappa shape index (κ2) is 18.4. The van der Waals surface area contributed by atoms with E-state index in [9.17, 15) is 14.0 Å². The molecule has 2 amide bonds. The summed E-state index contributed by atoms with van der Waals surface area (Å²) in [6.45, 7) is 6.78. The zero-order valence-electron chi connectivity index (χ0n) is 30.5. The Kier molecular flexibility index (Phi) is 13.2. The van der Waals surface area contributed by atoms with Gasteiger partial charge in [-0.05, 0) is 86.8 Å². The molecule has 288 valence electrons. The summed E-state index contributed by atoms with van der Waals surface area (Å²) in [5, 5.41) is 5.89. The summed E-state index contributed by atoms with van der Waals surface area (Å²) < 4.78 is 59.9. The van der Waals surface area contributed by atoms with Crippen LogP contribution in [0.5, 0.6) is 23.0 Å². The number of carbonyl (C=O) groups excluding carboxylic acids is 2. The summed E-state index contributed by atoms with van der Waals surface area (Å²) in [6, 6.07) is 22.1. The maximum absolute atomic E-state index is 15.2. The summed E-state index contributed by atoms with van der Waals surface area (Å²) in [6.07, 6.45) is 3.09. The summed E-state index contributed by atoms with van der Waals surface area (Å²) in [7, 11) is 1.55. The number of anilines is 2. The van der Waals surface area contributed by atoms with Crippen LogP contribution >= 0.6 is 12.0 Å². The lowest BCUT2D eigenvalue weighted by atomic mass is 10.0. The van der Waals surface area contributed by atoms with Gasteiger partial charge in [0, 0.05) is 71.7 Å². The molecule has 2 aliphatic rings. The SMILES string of the molecule is COc1cc2c(Oc3ccc(NC(=O)C4(C(=O)Nc5ccc(F)cc5)CC4)cc3F)ccnc2cc1OCCCN1CCOCC1.Cc1ccc(SO)cc1. The predicted octanol–water partition coefficient (Wildman–Crippen LogP) is 8.33. The number of halogens is 2. The smallest absolute Gasteiger partial charge is 0.240 e. The van der Waals surface area contributed by atoms with Crippen LogP contribution < -0.4 is 24.8 Å². The molecule has 0 unspecified atom stereocenters. The monoisotopic (exact) mass is 772 g/mol. The average Bonchev–Trinajstić information content (AvgIpc) is 4.02. The number of nitrogens with zero attached hydrogens (tertiary/aromatic N) is 2. The fourth-order valence-electron chi connectivity index (χ4n) is 5.88. The molecule has 7 rings (SSSR count). The van der Waals surface area contributed by atoms with Crippen LogP contribution in [0.4, 0.5) is 20.2 Å². The zero-order valence-corrected chi connectivity index (χ0v) is 31.3. The van der Waals surface area contributed by atoms with Crippen LogP contribution in [0.25, 0.3) is 10.9 Å². The molecule has 11 nitrogen and oxygen atoms in total. The van der Waals surface area contributed by atoms with Gasteiger partial charge in [0.15, 0.2) is 23.1 Å². The van der Waals surface area contributed by atoms with Crippen molar-refractivity contribution in [3.8, 4) is 23.0 Å². The van der Waals surface area contributed by atoms with Crippen molar-refractivity contribution in [2.24, 2.45) is 5.41 Å². The number of rotatable bonds is 13. The molecule has 1 saturated heterocycles. The zero-order chi connectivity index (χ0) is 38.8. The van der Waals surface area contributed by atoms with Crippen LogP contribution in [0, 0.1) is 24.0 Å². The molecule has 55 heavy (non-hydrogen) atoms. The Morgan fingerprint density at radius 1 is 0.873 bits per heavy atom. The fraction of sp³-hybridized carbons (Fsp3) is 0.293. The Balaban J connectivity index is 0.000000502. The van der Waals surface area contributed by atoms with E-state index in [0.717, 1.165) is 62.3 Å². The Hall–Kier alpha value is -5.28. The molecule has 0 spiro atoms. The highest BCUT2D eigenvalue weighted by molar-refractivity contribution is 7.93. The molecule has 0 bridgehead atoms. The Labute approximate surface area is 322 Å². The third-order valence-corrected chi connectivity index (χ3v) is 9.71. The second-order valence-electron chi connectivity index (χ2n) is 13.1. The molecular weight excluding hydrogens is 731 g/mol. The lowest BCUT2D eigenvalue weighted by Gasteiger charge is -2.26. The molecule has 1 aliphatic heterocycles. The van der Waals surface area contributed by atoms with E-state index >= 15 is 4.39 Å². The van der Waals surface area contributed by atoms with Gasteiger partial charge in [-0.3, -0.25) is 19.5 Å². The lowest BCUT2D eigenvalue weighted by molar-refractivity contribution is -0.131. The quantitative estimate of drug-likeness (QED) is 0.0610. The Morgan fingerprint density at radius 2 is 1.56 bits per heavy atom. The van der Waals surface area contributed by atoms with Gasteiger partial charge in [0.1, 0.15) is 17.0 Å². The number of aryl methyl sites for hydroxylation is 1. The molecule has 1 aromatic heterocycles. The van der Waals surface area contributed by atoms with Crippen molar-refractivity contribution in [3.63, 3.8) is 0 Å². The number of ether oxygens (including phenoxy) is 4. The van der Waals surface area contributed by atoms with Crippen molar-refractivity contribution < 1.29 is 41.9 Å². The van der Waals surface area contributed by atoms with Crippen LogP contribution in [0.3, 0.4) is 0 Å². The molecule has 2 fully saturated rings. The summed E-state index contributed by atoms with van der Waals surface area (Å²) in [4.78, 5) is 33.6. The molecule has 0 atom stereocenters. The van der Waals surface area contributed by atoms with E-state index in [0.29, 0.717) is 53.3 Å². The van der Waals surface area contributed by atoms with E-state index in [1.54, 1.807) is 31.5 Å². The average molecular weight is 773 g/mol. The van der Waals surface area contributed by atoms with Gasteiger partial charge in [0.2, 0.25) is 11.8 Å². The minimum absolute atomic E-state index is 0.0666. The standard InChI is InChI=1S/C34H34F2N4O6.C7H8OS/c1-43-30-20-25-27(21-31(30)45-16-2-13-40-14-17-44-18-15-40)37-12-9-28(25)46-29-8-7-24(19-26(29)36)39-33(42)34(10-11-34)32(41)38-23-5-3-22(35)4-6-23;1-6-2-4-7(9-8)5-3-6/h3-9,12,19-21H,2,10-11,13-18H2,1H3,(H,38,41)(H,39,42);2-5,8H,1H3. The number of methoxy groups -OCH3 is 1. The van der Waals surface area contributed by atoms with Crippen molar-refractivity contribution in [1.82, 2.24) is 9.88 Å². The minimum Gasteiger partial charge on any atom is -0.493 e. The van der Waals surface area contributed by atoms with E-state index in [-0.39, 0.29) is 11.4 Å². The van der Waals surface area contributed by atoms with Crippen LogP contribution in [0.1, 0.15) is 24.8 Å². The molecule has 14 heteroatoms. The normalized spacial score (nSPS) is 14.6. The highest BCUT2D eigenvalue weighted by atomic mass is 32.2. The molecule has 1 saturated carbocycles. The van der Waals surface area contributed by atoms with E-state index in [2.05, 4.69) is 20.5 Å². The van der Waals surface area contributed by atoms with Gasteiger partial charge in [0.25, 0.3) is 0 Å². The number of morpholine rings is 1. The first-order chi connectivity index (χ1) is 26.7. The molecular formula is C41H42F2N4O7S. The third-order valence-electron chi connectivity index (χ3n) is 9.22. The first kappa shape index (κ1) is 39.4. The maximum atomic E-state index is 15.2. The van der Waals surface area contributed by atoms with Crippen molar-refractivity contribution in [3.05, 3.63) is 108 Å². The van der Waals surface area contributed by atoms with Crippen LogP contribution in [0.2, 0.25) is 0 Å². The van der Waals surface area contributed by atoms with Gasteiger partial charge in [-0.25, -0.2) is 8.78 Å². The molecule has 3 N–H and O–H groups in total. The van der Waals surface area contributed by atoms with E-state index in [1.165, 1.54) is 42.0 Å². The molecule has 1 aliphatic carbocycles. The number of benzene rings is 4. The number of aromatic nitrogens is 1. The largest absolute Gasteiger partial charge is 0.493 e. The maximum Gasteiger partial charge on any atom is 0.240 e.